The zero-order valence-corrected chi connectivity index (χ0v) is 14.2. The van der Waals surface area contributed by atoms with Gasteiger partial charge in [-0.2, -0.15) is 0 Å². The number of aromatic amines is 1. The summed E-state index contributed by atoms with van der Waals surface area (Å²) in [5, 5.41) is 9.82. The Labute approximate surface area is 146 Å². The SMILES string of the molecule is O=C(O)C1(Oc2ccc3c(c2)CCC3)CCN(Cc2ncc[nH]2)CC1. The molecule has 1 aromatic carbocycles. The van der Waals surface area contributed by atoms with Crippen LogP contribution >= 0.6 is 0 Å². The van der Waals surface area contributed by atoms with E-state index < -0.39 is 11.6 Å². The molecule has 4 rings (SSSR count). The molecule has 0 unspecified atom stereocenters. The van der Waals surface area contributed by atoms with Gasteiger partial charge in [-0.15, -0.1) is 0 Å². The lowest BCUT2D eigenvalue weighted by atomic mass is 9.91. The lowest BCUT2D eigenvalue weighted by Gasteiger charge is -2.38. The Kier molecular flexibility index (Phi) is 4.21. The van der Waals surface area contributed by atoms with Gasteiger partial charge in [0, 0.05) is 38.3 Å². The van der Waals surface area contributed by atoms with E-state index in [1.54, 1.807) is 12.4 Å². The summed E-state index contributed by atoms with van der Waals surface area (Å²) in [5.41, 5.74) is 1.53. The molecule has 1 fully saturated rings. The molecule has 6 nitrogen and oxygen atoms in total. The zero-order chi connectivity index (χ0) is 17.3. The molecule has 0 bridgehead atoms. The Bertz CT molecular complexity index is 749. The van der Waals surface area contributed by atoms with Gasteiger partial charge in [0.15, 0.2) is 0 Å². The number of aromatic nitrogens is 2. The smallest absolute Gasteiger partial charge is 0.348 e. The van der Waals surface area contributed by atoms with E-state index in [1.807, 2.05) is 12.1 Å². The molecule has 2 N–H and O–H groups in total. The van der Waals surface area contributed by atoms with Crippen LogP contribution in [0.4, 0.5) is 0 Å². The fourth-order valence-electron chi connectivity index (χ4n) is 3.87. The minimum Gasteiger partial charge on any atom is -0.478 e. The number of carboxylic acid groups (broad SMARTS) is 1. The van der Waals surface area contributed by atoms with Crippen LogP contribution in [-0.2, 0) is 24.2 Å². The van der Waals surface area contributed by atoms with Crippen molar-refractivity contribution >= 4 is 5.97 Å². The largest absolute Gasteiger partial charge is 0.478 e. The van der Waals surface area contributed by atoms with Crippen LogP contribution < -0.4 is 4.74 Å². The van der Waals surface area contributed by atoms with Crippen molar-refractivity contribution in [1.82, 2.24) is 14.9 Å². The van der Waals surface area contributed by atoms with Crippen molar-refractivity contribution in [1.29, 1.82) is 0 Å². The number of fused-ring (bicyclic) bond motifs is 1. The maximum Gasteiger partial charge on any atom is 0.348 e. The molecule has 0 radical (unpaired) electrons. The molecule has 132 valence electrons. The highest BCUT2D eigenvalue weighted by Crippen LogP contribution is 2.32. The Hall–Kier alpha value is -2.34. The molecule has 1 aliphatic heterocycles. The number of benzene rings is 1. The van der Waals surface area contributed by atoms with E-state index >= 15 is 0 Å². The molecule has 2 heterocycles. The van der Waals surface area contributed by atoms with Crippen molar-refractivity contribution in [3.63, 3.8) is 0 Å². The average Bonchev–Trinajstić information content (AvgIpc) is 3.27. The minimum absolute atomic E-state index is 0.472. The molecule has 0 atom stereocenters. The van der Waals surface area contributed by atoms with Gasteiger partial charge in [-0.3, -0.25) is 4.90 Å². The average molecular weight is 341 g/mol. The first-order chi connectivity index (χ1) is 12.1. The van der Waals surface area contributed by atoms with Crippen molar-refractivity contribution in [2.24, 2.45) is 0 Å². The monoisotopic (exact) mass is 341 g/mol. The normalized spacial score (nSPS) is 19.5. The number of rotatable bonds is 5. The molecule has 1 aliphatic carbocycles. The first kappa shape index (κ1) is 16.1. The van der Waals surface area contributed by atoms with Crippen LogP contribution in [0.2, 0.25) is 0 Å². The Morgan fingerprint density at radius 3 is 2.80 bits per heavy atom. The van der Waals surface area contributed by atoms with Crippen molar-refractivity contribution in [3.05, 3.63) is 47.5 Å². The lowest BCUT2D eigenvalue weighted by molar-refractivity contribution is -0.159. The topological polar surface area (TPSA) is 78.5 Å². The van der Waals surface area contributed by atoms with Crippen molar-refractivity contribution < 1.29 is 14.6 Å². The predicted octanol–water partition coefficient (Wildman–Crippen LogP) is 2.40. The number of hydrogen-bond acceptors (Lipinski definition) is 4. The van der Waals surface area contributed by atoms with Gasteiger partial charge in [0.1, 0.15) is 11.6 Å². The fraction of sp³-hybridized carbons (Fsp3) is 0.474. The highest BCUT2D eigenvalue weighted by Gasteiger charge is 2.44. The summed E-state index contributed by atoms with van der Waals surface area (Å²) in [6, 6.07) is 6.03. The number of ether oxygens (including phenoxy) is 1. The van der Waals surface area contributed by atoms with E-state index in [1.165, 1.54) is 17.5 Å². The number of carboxylic acids is 1. The van der Waals surface area contributed by atoms with Gasteiger partial charge in [-0.1, -0.05) is 6.07 Å². The number of imidazole rings is 1. The summed E-state index contributed by atoms with van der Waals surface area (Å²) in [6.07, 6.45) is 7.82. The fourth-order valence-corrected chi connectivity index (χ4v) is 3.87. The van der Waals surface area contributed by atoms with Gasteiger partial charge in [0.2, 0.25) is 5.60 Å². The molecule has 0 saturated carbocycles. The van der Waals surface area contributed by atoms with Crippen LogP contribution in [0, 0.1) is 0 Å². The highest BCUT2D eigenvalue weighted by molar-refractivity contribution is 5.78. The summed E-state index contributed by atoms with van der Waals surface area (Å²) in [6.45, 7) is 2.07. The number of hydrogen-bond donors (Lipinski definition) is 2. The molecular formula is C19H23N3O3. The van der Waals surface area contributed by atoms with Crippen molar-refractivity contribution in [2.45, 2.75) is 44.2 Å². The third-order valence-electron chi connectivity index (χ3n) is 5.36. The number of aryl methyl sites for hydroxylation is 2. The highest BCUT2D eigenvalue weighted by atomic mass is 16.5. The molecule has 6 heteroatoms. The van der Waals surface area contributed by atoms with E-state index in [4.69, 9.17) is 4.74 Å². The van der Waals surface area contributed by atoms with E-state index in [0.717, 1.165) is 18.7 Å². The number of likely N-dealkylation sites (tertiary alicyclic amines) is 1. The van der Waals surface area contributed by atoms with Crippen LogP contribution in [0.3, 0.4) is 0 Å². The number of carbonyl (C=O) groups is 1. The second-order valence-electron chi connectivity index (χ2n) is 7.00. The lowest BCUT2D eigenvalue weighted by Crippen LogP contribution is -2.53. The van der Waals surface area contributed by atoms with E-state index in [2.05, 4.69) is 20.9 Å². The summed E-state index contributed by atoms with van der Waals surface area (Å²) in [7, 11) is 0. The number of nitrogens with one attached hydrogen (secondary N) is 1. The van der Waals surface area contributed by atoms with Gasteiger partial charge in [-0.05, 0) is 42.5 Å². The molecule has 1 saturated heterocycles. The first-order valence-electron chi connectivity index (χ1n) is 8.89. The summed E-state index contributed by atoms with van der Waals surface area (Å²) >= 11 is 0. The van der Waals surface area contributed by atoms with E-state index in [-0.39, 0.29) is 0 Å². The summed E-state index contributed by atoms with van der Waals surface area (Å²) < 4.78 is 6.06. The third kappa shape index (κ3) is 3.26. The summed E-state index contributed by atoms with van der Waals surface area (Å²) in [4.78, 5) is 21.5. The Morgan fingerprint density at radius 1 is 1.28 bits per heavy atom. The van der Waals surface area contributed by atoms with E-state index in [9.17, 15) is 9.90 Å². The number of piperidine rings is 1. The molecule has 1 aromatic heterocycles. The van der Waals surface area contributed by atoms with Gasteiger partial charge in [-0.25, -0.2) is 9.78 Å². The number of nitrogens with zero attached hydrogens (tertiary/aromatic N) is 2. The molecule has 0 amide bonds. The quantitative estimate of drug-likeness (QED) is 0.873. The second kappa shape index (κ2) is 6.52. The van der Waals surface area contributed by atoms with Crippen LogP contribution in [-0.4, -0.2) is 44.6 Å². The van der Waals surface area contributed by atoms with E-state index in [0.29, 0.717) is 38.2 Å². The van der Waals surface area contributed by atoms with Gasteiger partial charge in [0.25, 0.3) is 0 Å². The maximum absolute atomic E-state index is 12.0. The molecule has 2 aromatic rings. The second-order valence-corrected chi connectivity index (χ2v) is 7.00. The van der Waals surface area contributed by atoms with Gasteiger partial charge in [0.05, 0.1) is 6.54 Å². The predicted molar refractivity (Wildman–Crippen MR) is 92.6 cm³/mol. The van der Waals surface area contributed by atoms with Crippen molar-refractivity contribution in [3.8, 4) is 5.75 Å². The van der Waals surface area contributed by atoms with Crippen LogP contribution in [0.25, 0.3) is 0 Å². The summed E-state index contributed by atoms with van der Waals surface area (Å²) in [5.74, 6) is 0.718. The van der Waals surface area contributed by atoms with Crippen LogP contribution in [0.15, 0.2) is 30.6 Å². The zero-order valence-electron chi connectivity index (χ0n) is 14.2. The molecule has 25 heavy (non-hydrogen) atoms. The van der Waals surface area contributed by atoms with Crippen molar-refractivity contribution in [2.75, 3.05) is 13.1 Å². The standard InChI is InChI=1S/C19H23N3O3/c23-18(24)19(25-16-5-4-14-2-1-3-15(14)12-16)6-10-22(11-7-19)13-17-20-8-9-21-17/h4-5,8-9,12H,1-3,6-7,10-11,13H2,(H,20,21)(H,23,24). The molecule has 2 aliphatic rings. The maximum atomic E-state index is 12.0. The Morgan fingerprint density at radius 2 is 2.08 bits per heavy atom. The first-order valence-corrected chi connectivity index (χ1v) is 8.89. The number of aliphatic carboxylic acids is 1. The van der Waals surface area contributed by atoms with Crippen LogP contribution in [0.5, 0.6) is 5.75 Å². The number of H-pyrrole nitrogens is 1. The molecular weight excluding hydrogens is 318 g/mol. The van der Waals surface area contributed by atoms with Gasteiger partial charge >= 0.3 is 5.97 Å². The molecule has 0 spiro atoms. The van der Waals surface area contributed by atoms with Crippen LogP contribution in [0.1, 0.15) is 36.2 Å². The van der Waals surface area contributed by atoms with Gasteiger partial charge < -0.3 is 14.8 Å². The Balaban J connectivity index is 1.45. The minimum atomic E-state index is -1.13. The third-order valence-corrected chi connectivity index (χ3v) is 5.36.